The fourth-order valence-electron chi connectivity index (χ4n) is 3.94. The number of halogens is 4. The van der Waals surface area contributed by atoms with E-state index >= 15 is 0 Å². The molecule has 1 fully saturated rings. The van der Waals surface area contributed by atoms with Crippen LogP contribution in [0, 0.1) is 0 Å². The third-order valence-corrected chi connectivity index (χ3v) is 5.91. The maximum atomic E-state index is 12.9. The number of rotatable bonds is 5. The molecule has 0 aliphatic carbocycles. The van der Waals surface area contributed by atoms with Gasteiger partial charge in [-0.05, 0) is 43.2 Å². The van der Waals surface area contributed by atoms with Gasteiger partial charge in [0.05, 0.1) is 37.7 Å². The fraction of sp³-hybridized carbons (Fsp3) is 0.318. The molecule has 0 N–H and O–H groups in total. The predicted molar refractivity (Wildman–Crippen MR) is 117 cm³/mol. The van der Waals surface area contributed by atoms with Gasteiger partial charge in [-0.15, -0.1) is 0 Å². The van der Waals surface area contributed by atoms with E-state index in [1.807, 2.05) is 17.0 Å². The molecule has 1 unspecified atom stereocenters. The molecule has 0 spiro atoms. The molecule has 0 saturated carbocycles. The zero-order valence-corrected chi connectivity index (χ0v) is 18.5. The third kappa shape index (κ3) is 4.35. The Labute approximate surface area is 192 Å². The van der Waals surface area contributed by atoms with Gasteiger partial charge < -0.3 is 14.4 Å². The summed E-state index contributed by atoms with van der Waals surface area (Å²) < 4.78 is 50.2. The Morgan fingerprint density at radius 1 is 1.12 bits per heavy atom. The molecule has 1 aliphatic heterocycles. The van der Waals surface area contributed by atoms with E-state index in [1.54, 1.807) is 20.3 Å². The highest BCUT2D eigenvalue weighted by atomic mass is 35.5. The Bertz CT molecular complexity index is 1210. The third-order valence-electron chi connectivity index (χ3n) is 5.55. The van der Waals surface area contributed by atoms with Crippen LogP contribution in [0.15, 0.2) is 47.5 Å². The molecular formula is C22H20ClF3N4O3. The van der Waals surface area contributed by atoms with Crippen molar-refractivity contribution in [1.82, 2.24) is 14.8 Å². The van der Waals surface area contributed by atoms with E-state index in [9.17, 15) is 18.0 Å². The number of hydrogen-bond donors (Lipinski definition) is 0. The first kappa shape index (κ1) is 22.9. The first-order valence-electron chi connectivity index (χ1n) is 10.0. The minimum Gasteiger partial charge on any atom is -0.497 e. The molecule has 174 valence electrons. The van der Waals surface area contributed by atoms with Crippen LogP contribution in [0.3, 0.4) is 0 Å². The molecule has 4 rings (SSSR count). The minimum atomic E-state index is -4.53. The average Bonchev–Trinajstić information content (AvgIpc) is 3.29. The van der Waals surface area contributed by atoms with Crippen molar-refractivity contribution in [3.8, 4) is 17.3 Å². The smallest absolute Gasteiger partial charge is 0.417 e. The first-order valence-corrected chi connectivity index (χ1v) is 10.4. The number of methoxy groups -OCH3 is 2. The highest BCUT2D eigenvalue weighted by Gasteiger charge is 2.32. The Morgan fingerprint density at radius 2 is 1.91 bits per heavy atom. The summed E-state index contributed by atoms with van der Waals surface area (Å²) in [5, 5.41) is 4.03. The van der Waals surface area contributed by atoms with Gasteiger partial charge in [-0.1, -0.05) is 11.6 Å². The van der Waals surface area contributed by atoms with Gasteiger partial charge in [0.1, 0.15) is 16.5 Å². The van der Waals surface area contributed by atoms with Crippen molar-refractivity contribution in [3.05, 3.63) is 69.2 Å². The Morgan fingerprint density at radius 3 is 2.55 bits per heavy atom. The lowest BCUT2D eigenvalue weighted by Gasteiger charge is -2.29. The second-order valence-corrected chi connectivity index (χ2v) is 7.80. The zero-order chi connectivity index (χ0) is 23.8. The topological polar surface area (TPSA) is 69.5 Å². The molecule has 7 nitrogen and oxygen atoms in total. The molecule has 0 amide bonds. The van der Waals surface area contributed by atoms with Gasteiger partial charge >= 0.3 is 6.18 Å². The summed E-state index contributed by atoms with van der Waals surface area (Å²) in [6, 6.07) is 7.29. The van der Waals surface area contributed by atoms with Gasteiger partial charge in [-0.2, -0.15) is 23.0 Å². The van der Waals surface area contributed by atoms with Crippen molar-refractivity contribution in [1.29, 1.82) is 0 Å². The largest absolute Gasteiger partial charge is 0.497 e. The standard InChI is InChI=1S/C22H20ClF3N4O3/c1-32-14-6-7-18(33-2)15(10-14)16-4-3-9-29(16)17-12-28-30(21(31)20(17)23)19-8-5-13(11-27-19)22(24,25)26/h5-8,10-12,16H,3-4,9H2,1-2H3. The van der Waals surface area contributed by atoms with Gasteiger partial charge in [0.2, 0.25) is 0 Å². The van der Waals surface area contributed by atoms with Crippen molar-refractivity contribution in [2.45, 2.75) is 25.1 Å². The zero-order valence-electron chi connectivity index (χ0n) is 17.8. The monoisotopic (exact) mass is 480 g/mol. The lowest BCUT2D eigenvalue weighted by Crippen LogP contribution is -2.29. The Kier molecular flexibility index (Phi) is 6.20. The summed E-state index contributed by atoms with van der Waals surface area (Å²) in [6.07, 6.45) is -0.809. The summed E-state index contributed by atoms with van der Waals surface area (Å²) >= 11 is 6.44. The van der Waals surface area contributed by atoms with E-state index in [1.165, 1.54) is 6.20 Å². The maximum Gasteiger partial charge on any atom is 0.417 e. The van der Waals surface area contributed by atoms with Crippen molar-refractivity contribution in [2.75, 3.05) is 25.7 Å². The second-order valence-electron chi connectivity index (χ2n) is 7.42. The lowest BCUT2D eigenvalue weighted by molar-refractivity contribution is -0.137. The molecule has 0 bridgehead atoms. The van der Waals surface area contributed by atoms with Crippen molar-refractivity contribution < 1.29 is 22.6 Å². The molecule has 2 aromatic heterocycles. The quantitative estimate of drug-likeness (QED) is 0.529. The maximum absolute atomic E-state index is 12.9. The number of anilines is 1. The molecule has 1 atom stereocenters. The molecule has 0 radical (unpaired) electrons. The first-order chi connectivity index (χ1) is 15.7. The molecule has 11 heteroatoms. The van der Waals surface area contributed by atoms with E-state index in [4.69, 9.17) is 21.1 Å². The van der Waals surface area contributed by atoms with E-state index in [-0.39, 0.29) is 16.9 Å². The van der Waals surface area contributed by atoms with Crippen LogP contribution in [0.1, 0.15) is 30.0 Å². The molecule has 3 aromatic rings. The summed E-state index contributed by atoms with van der Waals surface area (Å²) in [6.45, 7) is 0.633. The van der Waals surface area contributed by atoms with E-state index in [0.717, 1.165) is 35.2 Å². The SMILES string of the molecule is COc1ccc(OC)c(C2CCCN2c2cnn(-c3ccc(C(F)(F)F)cn3)c(=O)c2Cl)c1. The highest BCUT2D eigenvalue weighted by Crippen LogP contribution is 2.42. The van der Waals surface area contributed by atoms with Crippen LogP contribution in [0.25, 0.3) is 5.82 Å². The van der Waals surface area contributed by atoms with Crippen molar-refractivity contribution in [3.63, 3.8) is 0 Å². The number of nitrogens with zero attached hydrogens (tertiary/aromatic N) is 4. The number of aromatic nitrogens is 3. The normalized spacial score (nSPS) is 16.2. The van der Waals surface area contributed by atoms with Crippen LogP contribution in [-0.2, 0) is 6.18 Å². The van der Waals surface area contributed by atoms with Crippen molar-refractivity contribution >= 4 is 17.3 Å². The van der Waals surface area contributed by atoms with E-state index in [0.29, 0.717) is 29.9 Å². The predicted octanol–water partition coefficient (Wildman–Crippen LogP) is 4.66. The molecule has 1 saturated heterocycles. The van der Waals surface area contributed by atoms with E-state index in [2.05, 4.69) is 10.1 Å². The molecule has 3 heterocycles. The summed E-state index contributed by atoms with van der Waals surface area (Å²) in [5.74, 6) is 1.29. The number of ether oxygens (including phenoxy) is 2. The Balaban J connectivity index is 1.71. The lowest BCUT2D eigenvalue weighted by atomic mass is 10.0. The van der Waals surface area contributed by atoms with Gasteiger partial charge in [0.15, 0.2) is 5.82 Å². The van der Waals surface area contributed by atoms with Crippen LogP contribution in [0.4, 0.5) is 18.9 Å². The van der Waals surface area contributed by atoms with Crippen LogP contribution >= 0.6 is 11.6 Å². The van der Waals surface area contributed by atoms with Crippen LogP contribution < -0.4 is 19.9 Å². The highest BCUT2D eigenvalue weighted by molar-refractivity contribution is 6.33. The second kappa shape index (κ2) is 8.93. The van der Waals surface area contributed by atoms with Gasteiger partial charge in [-0.25, -0.2) is 4.98 Å². The van der Waals surface area contributed by atoms with Gasteiger partial charge in [0.25, 0.3) is 5.56 Å². The summed E-state index contributed by atoms with van der Waals surface area (Å²) in [5.41, 5.74) is -0.282. The molecule has 1 aromatic carbocycles. The van der Waals surface area contributed by atoms with Gasteiger partial charge in [0, 0.05) is 18.3 Å². The fourth-order valence-corrected chi connectivity index (χ4v) is 4.18. The number of pyridine rings is 1. The minimum absolute atomic E-state index is 0.0612. The van der Waals surface area contributed by atoms with E-state index < -0.39 is 17.3 Å². The summed E-state index contributed by atoms with van der Waals surface area (Å²) in [7, 11) is 3.16. The van der Waals surface area contributed by atoms with Crippen LogP contribution in [-0.4, -0.2) is 35.5 Å². The number of hydrogen-bond acceptors (Lipinski definition) is 6. The van der Waals surface area contributed by atoms with Gasteiger partial charge in [-0.3, -0.25) is 4.79 Å². The molecular weight excluding hydrogens is 461 g/mol. The van der Waals surface area contributed by atoms with Crippen LogP contribution in [0.2, 0.25) is 5.02 Å². The summed E-state index contributed by atoms with van der Waals surface area (Å²) in [4.78, 5) is 18.6. The number of benzene rings is 1. The number of alkyl halides is 3. The molecule has 33 heavy (non-hydrogen) atoms. The van der Waals surface area contributed by atoms with Crippen LogP contribution in [0.5, 0.6) is 11.5 Å². The molecule has 1 aliphatic rings. The Hall–Kier alpha value is -3.27. The van der Waals surface area contributed by atoms with Crippen molar-refractivity contribution in [2.24, 2.45) is 0 Å². The average molecular weight is 481 g/mol.